The van der Waals surface area contributed by atoms with Crippen LogP contribution in [0.25, 0.3) is 10.9 Å². The summed E-state index contributed by atoms with van der Waals surface area (Å²) in [7, 11) is 0. The maximum atomic E-state index is 5.45. The van der Waals surface area contributed by atoms with Crippen molar-refractivity contribution in [2.45, 2.75) is 6.54 Å². The molecular weight excluding hydrogens is 300 g/mol. The first-order valence-corrected chi connectivity index (χ1v) is 8.37. The molecule has 2 heterocycles. The molecule has 0 bridgehead atoms. The van der Waals surface area contributed by atoms with E-state index in [0.29, 0.717) is 0 Å². The highest BCUT2D eigenvalue weighted by Gasteiger charge is 2.21. The molecule has 24 heavy (non-hydrogen) atoms. The van der Waals surface area contributed by atoms with Crippen molar-refractivity contribution in [1.82, 2.24) is 9.97 Å². The predicted octanol–water partition coefficient (Wildman–Crippen LogP) is 1.79. The Bertz CT molecular complexity index is 816. The number of benzene rings is 2. The van der Waals surface area contributed by atoms with Gasteiger partial charge in [-0.05, 0) is 17.7 Å². The molecule has 0 saturated carbocycles. The first-order chi connectivity index (χ1) is 11.9. The molecule has 1 aliphatic heterocycles. The summed E-state index contributed by atoms with van der Waals surface area (Å²) >= 11 is 0. The van der Waals surface area contributed by atoms with Crippen LogP contribution in [0, 0.1) is 0 Å². The quantitative estimate of drug-likeness (QED) is 0.769. The number of nitrogens with zero attached hydrogens (tertiary/aromatic N) is 2. The highest BCUT2D eigenvalue weighted by Crippen LogP contribution is 2.21. The minimum absolute atomic E-state index is 0.750. The van der Waals surface area contributed by atoms with E-state index >= 15 is 0 Å². The second-order valence-corrected chi connectivity index (χ2v) is 5.97. The molecular formula is C19H21N4O+. The number of morpholine rings is 1. The number of hydrogen-bond acceptors (Lipinski definition) is 4. The van der Waals surface area contributed by atoms with E-state index in [1.54, 1.807) is 0 Å². The third-order valence-electron chi connectivity index (χ3n) is 4.32. The Morgan fingerprint density at radius 2 is 1.67 bits per heavy atom. The van der Waals surface area contributed by atoms with Crippen molar-refractivity contribution in [1.29, 1.82) is 0 Å². The highest BCUT2D eigenvalue weighted by molar-refractivity contribution is 5.89. The SMILES string of the molecule is c1ccc(CNc2nc([NH+]3CCOCC3)nc3ccccc23)cc1. The molecule has 0 atom stereocenters. The van der Waals surface area contributed by atoms with E-state index in [2.05, 4.69) is 35.6 Å². The largest absolute Gasteiger partial charge is 0.370 e. The fourth-order valence-corrected chi connectivity index (χ4v) is 2.99. The lowest BCUT2D eigenvalue weighted by molar-refractivity contribution is -0.847. The molecule has 0 spiro atoms. The van der Waals surface area contributed by atoms with Crippen molar-refractivity contribution in [2.24, 2.45) is 0 Å². The zero-order valence-corrected chi connectivity index (χ0v) is 13.5. The summed E-state index contributed by atoms with van der Waals surface area (Å²) in [5.74, 6) is 1.76. The van der Waals surface area contributed by atoms with Crippen LogP contribution in [0.5, 0.6) is 0 Å². The van der Waals surface area contributed by atoms with Crippen molar-refractivity contribution < 1.29 is 9.64 Å². The topological polar surface area (TPSA) is 51.5 Å². The normalized spacial score (nSPS) is 15.5. The van der Waals surface area contributed by atoms with Crippen LogP contribution in [0.1, 0.15) is 5.56 Å². The molecule has 5 heteroatoms. The van der Waals surface area contributed by atoms with Gasteiger partial charge >= 0.3 is 5.95 Å². The average Bonchev–Trinajstić information content (AvgIpc) is 2.67. The van der Waals surface area contributed by atoms with Gasteiger partial charge in [-0.3, -0.25) is 4.90 Å². The number of nitrogens with one attached hydrogen (secondary N) is 2. The molecule has 1 saturated heterocycles. The molecule has 2 aromatic carbocycles. The molecule has 0 radical (unpaired) electrons. The summed E-state index contributed by atoms with van der Waals surface area (Å²) < 4.78 is 5.45. The molecule has 5 nitrogen and oxygen atoms in total. The predicted molar refractivity (Wildman–Crippen MR) is 94.5 cm³/mol. The number of para-hydroxylation sites is 1. The third kappa shape index (κ3) is 3.22. The fourth-order valence-electron chi connectivity index (χ4n) is 2.99. The van der Waals surface area contributed by atoms with Crippen LogP contribution < -0.4 is 10.2 Å². The lowest BCUT2D eigenvalue weighted by Crippen LogP contribution is -3.10. The lowest BCUT2D eigenvalue weighted by atomic mass is 10.2. The minimum Gasteiger partial charge on any atom is -0.370 e. The van der Waals surface area contributed by atoms with E-state index in [-0.39, 0.29) is 0 Å². The Kier molecular flexibility index (Phi) is 4.36. The Hall–Kier alpha value is -2.50. The fraction of sp³-hybridized carbons (Fsp3) is 0.263. The van der Waals surface area contributed by atoms with Crippen molar-refractivity contribution in [3.63, 3.8) is 0 Å². The maximum absolute atomic E-state index is 5.45. The van der Waals surface area contributed by atoms with Gasteiger partial charge in [0.2, 0.25) is 0 Å². The van der Waals surface area contributed by atoms with Gasteiger partial charge in [-0.15, -0.1) is 0 Å². The lowest BCUT2D eigenvalue weighted by Gasteiger charge is -2.22. The van der Waals surface area contributed by atoms with Crippen LogP contribution in [0.2, 0.25) is 0 Å². The Balaban J connectivity index is 1.66. The number of anilines is 1. The van der Waals surface area contributed by atoms with Gasteiger partial charge in [0.1, 0.15) is 18.9 Å². The van der Waals surface area contributed by atoms with E-state index in [1.165, 1.54) is 10.5 Å². The third-order valence-corrected chi connectivity index (χ3v) is 4.32. The number of hydrogen-bond donors (Lipinski definition) is 2. The number of rotatable bonds is 4. The Morgan fingerprint density at radius 1 is 0.917 bits per heavy atom. The summed E-state index contributed by atoms with van der Waals surface area (Å²) in [6, 6.07) is 18.5. The van der Waals surface area contributed by atoms with E-state index in [9.17, 15) is 0 Å². The number of quaternary nitrogens is 1. The molecule has 1 aromatic heterocycles. The van der Waals surface area contributed by atoms with Gasteiger partial charge in [0.05, 0.1) is 18.7 Å². The van der Waals surface area contributed by atoms with Gasteiger partial charge in [0, 0.05) is 11.9 Å². The average molecular weight is 321 g/mol. The second-order valence-electron chi connectivity index (χ2n) is 5.97. The molecule has 0 aliphatic carbocycles. The molecule has 122 valence electrons. The zero-order chi connectivity index (χ0) is 16.2. The first-order valence-electron chi connectivity index (χ1n) is 8.37. The monoisotopic (exact) mass is 321 g/mol. The summed E-state index contributed by atoms with van der Waals surface area (Å²) in [5.41, 5.74) is 2.22. The van der Waals surface area contributed by atoms with Crippen LogP contribution in [-0.2, 0) is 11.3 Å². The van der Waals surface area contributed by atoms with Gasteiger partial charge in [0.25, 0.3) is 0 Å². The van der Waals surface area contributed by atoms with Gasteiger partial charge in [-0.2, -0.15) is 9.97 Å². The van der Waals surface area contributed by atoms with Gasteiger partial charge < -0.3 is 10.1 Å². The van der Waals surface area contributed by atoms with Crippen LogP contribution in [0.15, 0.2) is 54.6 Å². The Morgan fingerprint density at radius 3 is 2.50 bits per heavy atom. The van der Waals surface area contributed by atoms with Crippen molar-refractivity contribution in [3.05, 3.63) is 60.2 Å². The standard InChI is InChI=1S/C19H20N4O/c1-2-6-15(7-3-1)14-20-18-16-8-4-5-9-17(16)21-19(22-18)23-10-12-24-13-11-23/h1-9H,10-14H2,(H,20,21,22)/p+1. The molecule has 0 unspecified atom stereocenters. The van der Waals surface area contributed by atoms with E-state index in [0.717, 1.165) is 55.5 Å². The Labute approximate surface area is 141 Å². The maximum Gasteiger partial charge on any atom is 0.329 e. The molecule has 3 aromatic rings. The summed E-state index contributed by atoms with van der Waals surface area (Å²) in [4.78, 5) is 10.9. The van der Waals surface area contributed by atoms with Gasteiger partial charge in [-0.1, -0.05) is 42.5 Å². The van der Waals surface area contributed by atoms with Crippen molar-refractivity contribution in [2.75, 3.05) is 31.6 Å². The van der Waals surface area contributed by atoms with Crippen LogP contribution in [0.3, 0.4) is 0 Å². The minimum atomic E-state index is 0.750. The van der Waals surface area contributed by atoms with Crippen LogP contribution in [-0.4, -0.2) is 36.3 Å². The summed E-state index contributed by atoms with van der Waals surface area (Å²) in [6.45, 7) is 4.10. The number of fused-ring (bicyclic) bond motifs is 1. The van der Waals surface area contributed by atoms with Gasteiger partial charge in [-0.25, -0.2) is 0 Å². The van der Waals surface area contributed by atoms with Crippen molar-refractivity contribution >= 4 is 22.7 Å². The van der Waals surface area contributed by atoms with Crippen LogP contribution >= 0.6 is 0 Å². The molecule has 0 amide bonds. The summed E-state index contributed by atoms with van der Waals surface area (Å²) in [6.07, 6.45) is 0. The van der Waals surface area contributed by atoms with Crippen LogP contribution in [0.4, 0.5) is 11.8 Å². The molecule has 4 rings (SSSR count). The highest BCUT2D eigenvalue weighted by atomic mass is 16.5. The molecule has 1 fully saturated rings. The second kappa shape index (κ2) is 6.95. The molecule has 1 aliphatic rings. The van der Waals surface area contributed by atoms with Crippen molar-refractivity contribution in [3.8, 4) is 0 Å². The molecule has 2 N–H and O–H groups in total. The number of aromatic nitrogens is 2. The van der Waals surface area contributed by atoms with E-state index < -0.39 is 0 Å². The van der Waals surface area contributed by atoms with E-state index in [1.807, 2.05) is 24.3 Å². The smallest absolute Gasteiger partial charge is 0.329 e. The summed E-state index contributed by atoms with van der Waals surface area (Å²) in [5, 5.41) is 4.55. The first kappa shape index (κ1) is 15.1. The van der Waals surface area contributed by atoms with E-state index in [4.69, 9.17) is 14.7 Å². The van der Waals surface area contributed by atoms with Gasteiger partial charge in [0.15, 0.2) is 0 Å². The zero-order valence-electron chi connectivity index (χ0n) is 13.5. The number of ether oxygens (including phenoxy) is 1.